The van der Waals surface area contributed by atoms with E-state index in [-0.39, 0.29) is 0 Å². The van der Waals surface area contributed by atoms with Crippen molar-refractivity contribution in [2.24, 2.45) is 0 Å². The summed E-state index contributed by atoms with van der Waals surface area (Å²) in [6.45, 7) is 4.00. The fraction of sp³-hybridized carbons (Fsp3) is 0.0476. The zero-order chi connectivity index (χ0) is 15.1. The molecule has 0 radical (unpaired) electrons. The third kappa shape index (κ3) is 1.86. The molecule has 106 valence electrons. The summed E-state index contributed by atoms with van der Waals surface area (Å²) in [5, 5.41) is 2.54. The summed E-state index contributed by atoms with van der Waals surface area (Å²) < 4.78 is 5.33. The Morgan fingerprint density at radius 2 is 1.77 bits per heavy atom. The maximum absolute atomic E-state index is 5.33. The molecule has 1 aliphatic rings. The van der Waals surface area contributed by atoms with E-state index in [4.69, 9.17) is 4.74 Å². The van der Waals surface area contributed by atoms with Crippen molar-refractivity contribution >= 4 is 28.2 Å². The Balaban J connectivity index is 2.00. The van der Waals surface area contributed by atoms with Crippen LogP contribution in [0.3, 0.4) is 0 Å². The summed E-state index contributed by atoms with van der Waals surface area (Å²) in [5.41, 5.74) is 6.07. The van der Waals surface area contributed by atoms with Crippen LogP contribution in [-0.2, 0) is 4.74 Å². The Labute approximate surface area is 130 Å². The highest BCUT2D eigenvalue weighted by molar-refractivity contribution is 6.13. The van der Waals surface area contributed by atoms with Gasteiger partial charge in [-0.05, 0) is 51.2 Å². The molecule has 3 aromatic carbocycles. The predicted molar refractivity (Wildman–Crippen MR) is 93.4 cm³/mol. The molecule has 4 rings (SSSR count). The summed E-state index contributed by atoms with van der Waals surface area (Å²) in [4.78, 5) is 0. The molecular weight excluding hydrogens is 268 g/mol. The van der Waals surface area contributed by atoms with Crippen LogP contribution >= 0.6 is 0 Å². The van der Waals surface area contributed by atoms with Crippen LogP contribution in [0.5, 0.6) is 0 Å². The number of ether oxygens (including phenoxy) is 1. The van der Waals surface area contributed by atoms with Gasteiger partial charge in [0.2, 0.25) is 0 Å². The fourth-order valence-electron chi connectivity index (χ4n) is 3.16. The van der Waals surface area contributed by atoms with Gasteiger partial charge >= 0.3 is 0 Å². The SMILES string of the molecule is C=C(OC)c1cc2c3c(cccc3c1)C=C2c1ccccc1. The lowest BCUT2D eigenvalue weighted by atomic mass is 9.95. The molecule has 1 aliphatic carbocycles. The van der Waals surface area contributed by atoms with Crippen molar-refractivity contribution in [2.45, 2.75) is 0 Å². The minimum Gasteiger partial charge on any atom is -0.497 e. The zero-order valence-corrected chi connectivity index (χ0v) is 12.5. The molecule has 0 unspecified atom stereocenters. The van der Waals surface area contributed by atoms with Crippen molar-refractivity contribution in [3.63, 3.8) is 0 Å². The third-order valence-corrected chi connectivity index (χ3v) is 4.25. The predicted octanol–water partition coefficient (Wildman–Crippen LogP) is 5.36. The zero-order valence-electron chi connectivity index (χ0n) is 12.5. The van der Waals surface area contributed by atoms with E-state index in [1.807, 2.05) is 6.07 Å². The summed E-state index contributed by atoms with van der Waals surface area (Å²) in [7, 11) is 1.66. The van der Waals surface area contributed by atoms with E-state index in [2.05, 4.69) is 67.3 Å². The first-order chi connectivity index (χ1) is 10.8. The number of benzene rings is 3. The lowest BCUT2D eigenvalue weighted by Crippen LogP contribution is -1.91. The van der Waals surface area contributed by atoms with Gasteiger partial charge in [0.15, 0.2) is 0 Å². The maximum atomic E-state index is 5.33. The lowest BCUT2D eigenvalue weighted by molar-refractivity contribution is 0.371. The molecule has 1 heteroatoms. The van der Waals surface area contributed by atoms with Gasteiger partial charge in [0, 0.05) is 5.56 Å². The monoisotopic (exact) mass is 284 g/mol. The van der Waals surface area contributed by atoms with E-state index in [1.165, 1.54) is 33.0 Å². The second-order valence-corrected chi connectivity index (χ2v) is 5.52. The van der Waals surface area contributed by atoms with Gasteiger partial charge in [-0.2, -0.15) is 0 Å². The highest BCUT2D eigenvalue weighted by Gasteiger charge is 2.19. The van der Waals surface area contributed by atoms with E-state index < -0.39 is 0 Å². The van der Waals surface area contributed by atoms with Crippen molar-refractivity contribution in [1.29, 1.82) is 0 Å². The van der Waals surface area contributed by atoms with Gasteiger partial charge in [0.25, 0.3) is 0 Å². The second kappa shape index (κ2) is 4.88. The molecule has 1 nitrogen and oxygen atoms in total. The average molecular weight is 284 g/mol. The summed E-state index contributed by atoms with van der Waals surface area (Å²) in [5.74, 6) is 0.697. The molecule has 0 spiro atoms. The third-order valence-electron chi connectivity index (χ3n) is 4.25. The Morgan fingerprint density at radius 1 is 0.955 bits per heavy atom. The van der Waals surface area contributed by atoms with Crippen LogP contribution in [0.1, 0.15) is 22.3 Å². The molecule has 0 bridgehead atoms. The molecule has 0 saturated heterocycles. The normalized spacial score (nSPS) is 12.3. The molecule has 22 heavy (non-hydrogen) atoms. The summed E-state index contributed by atoms with van der Waals surface area (Å²) in [6, 6.07) is 21.3. The molecule has 0 aliphatic heterocycles. The summed E-state index contributed by atoms with van der Waals surface area (Å²) in [6.07, 6.45) is 2.27. The van der Waals surface area contributed by atoms with Crippen LogP contribution in [-0.4, -0.2) is 7.11 Å². The Morgan fingerprint density at radius 3 is 2.55 bits per heavy atom. The Hall–Kier alpha value is -2.80. The molecular formula is C21H16O. The minimum atomic E-state index is 0.697. The van der Waals surface area contributed by atoms with Gasteiger partial charge in [-0.15, -0.1) is 0 Å². The van der Waals surface area contributed by atoms with E-state index >= 15 is 0 Å². The van der Waals surface area contributed by atoms with Crippen molar-refractivity contribution < 1.29 is 4.74 Å². The van der Waals surface area contributed by atoms with Crippen LogP contribution in [0.4, 0.5) is 0 Å². The van der Waals surface area contributed by atoms with Crippen LogP contribution in [0, 0.1) is 0 Å². The van der Waals surface area contributed by atoms with E-state index in [0.717, 1.165) is 5.56 Å². The van der Waals surface area contributed by atoms with Crippen LogP contribution in [0.15, 0.2) is 67.2 Å². The molecule has 0 amide bonds. The molecule has 0 heterocycles. The first-order valence-electron chi connectivity index (χ1n) is 7.35. The largest absolute Gasteiger partial charge is 0.497 e. The highest BCUT2D eigenvalue weighted by atomic mass is 16.5. The van der Waals surface area contributed by atoms with Gasteiger partial charge in [-0.3, -0.25) is 0 Å². The van der Waals surface area contributed by atoms with Crippen molar-refractivity contribution in [2.75, 3.05) is 7.11 Å². The van der Waals surface area contributed by atoms with Crippen molar-refractivity contribution in [3.8, 4) is 0 Å². The van der Waals surface area contributed by atoms with Gasteiger partial charge in [-0.1, -0.05) is 55.1 Å². The molecule has 0 atom stereocenters. The number of hydrogen-bond acceptors (Lipinski definition) is 1. The quantitative estimate of drug-likeness (QED) is 0.460. The lowest BCUT2D eigenvalue weighted by Gasteiger charge is -2.11. The van der Waals surface area contributed by atoms with Gasteiger partial charge < -0.3 is 4.74 Å². The van der Waals surface area contributed by atoms with Gasteiger partial charge in [0.05, 0.1) is 7.11 Å². The Kier molecular flexibility index (Phi) is 2.87. The van der Waals surface area contributed by atoms with Gasteiger partial charge in [-0.25, -0.2) is 0 Å². The molecule has 0 aromatic heterocycles. The van der Waals surface area contributed by atoms with Crippen molar-refractivity contribution in [1.82, 2.24) is 0 Å². The number of rotatable bonds is 3. The fourth-order valence-corrected chi connectivity index (χ4v) is 3.16. The molecule has 0 fully saturated rings. The highest BCUT2D eigenvalue weighted by Crippen LogP contribution is 2.41. The first kappa shape index (κ1) is 12.9. The first-order valence-corrected chi connectivity index (χ1v) is 7.35. The molecule has 0 saturated carbocycles. The van der Waals surface area contributed by atoms with E-state index in [0.29, 0.717) is 5.76 Å². The minimum absolute atomic E-state index is 0.697. The van der Waals surface area contributed by atoms with Crippen LogP contribution < -0.4 is 0 Å². The van der Waals surface area contributed by atoms with E-state index in [9.17, 15) is 0 Å². The smallest absolute Gasteiger partial charge is 0.118 e. The van der Waals surface area contributed by atoms with Crippen LogP contribution in [0.25, 0.3) is 28.2 Å². The van der Waals surface area contributed by atoms with Gasteiger partial charge in [0.1, 0.15) is 5.76 Å². The number of hydrogen-bond donors (Lipinski definition) is 0. The average Bonchev–Trinajstić information content (AvgIpc) is 2.95. The molecule has 0 N–H and O–H groups in total. The summed E-state index contributed by atoms with van der Waals surface area (Å²) >= 11 is 0. The maximum Gasteiger partial charge on any atom is 0.118 e. The standard InChI is InChI=1S/C21H16O/c1-14(22-2)18-11-16-9-6-10-17-12-19(20(13-18)21(16)17)15-7-4-3-5-8-15/h3-13H,1H2,2H3. The van der Waals surface area contributed by atoms with Crippen LogP contribution in [0.2, 0.25) is 0 Å². The van der Waals surface area contributed by atoms with E-state index in [1.54, 1.807) is 7.11 Å². The number of methoxy groups -OCH3 is 1. The second-order valence-electron chi connectivity index (χ2n) is 5.52. The molecule has 3 aromatic rings. The van der Waals surface area contributed by atoms with Crippen molar-refractivity contribution in [3.05, 3.63) is 89.5 Å². The Bertz CT molecular complexity index is 917. The topological polar surface area (TPSA) is 9.23 Å².